The molecule has 0 atom stereocenters. The third-order valence-electron chi connectivity index (χ3n) is 4.23. The van der Waals surface area contributed by atoms with Crippen molar-refractivity contribution in [3.8, 4) is 0 Å². The molecule has 0 saturated carbocycles. The summed E-state index contributed by atoms with van der Waals surface area (Å²) in [6.07, 6.45) is 0. The van der Waals surface area contributed by atoms with Crippen LogP contribution < -0.4 is 10.5 Å². The Morgan fingerprint density at radius 1 is 1.08 bits per heavy atom. The molecule has 0 aliphatic heterocycles. The van der Waals surface area contributed by atoms with Gasteiger partial charge in [-0.15, -0.1) is 0 Å². The molecule has 2 aromatic carbocycles. The number of fused-ring (bicyclic) bond motifs is 1. The maximum absolute atomic E-state index is 12.7. The van der Waals surface area contributed by atoms with Crippen molar-refractivity contribution in [3.05, 3.63) is 76.1 Å². The van der Waals surface area contributed by atoms with Gasteiger partial charge in [0.15, 0.2) is 0 Å². The average Bonchev–Trinajstić information content (AvgIpc) is 2.60. The van der Waals surface area contributed by atoms with Crippen LogP contribution in [0.15, 0.2) is 59.4 Å². The summed E-state index contributed by atoms with van der Waals surface area (Å²) < 4.78 is 0. The van der Waals surface area contributed by atoms with Crippen LogP contribution in [0.25, 0.3) is 10.9 Å². The Labute approximate surface area is 147 Å². The third kappa shape index (κ3) is 3.63. The predicted octanol–water partition coefficient (Wildman–Crippen LogP) is 4.03. The Kier molecular flexibility index (Phi) is 4.70. The standard InChI is InChI=1S/C21H22N2O2/c1-14(2)21(25)23(18-7-5-4-6-8-18)13-17-12-16-10-9-15(3)11-19(16)22-20(17)24/h4-12,14H,13H2,1-3H3,(H,22,24). The normalized spacial score (nSPS) is 11.0. The number of amides is 1. The lowest BCUT2D eigenvalue weighted by atomic mass is 10.1. The van der Waals surface area contributed by atoms with Crippen LogP contribution in [0, 0.1) is 12.8 Å². The maximum atomic E-state index is 12.7. The zero-order valence-electron chi connectivity index (χ0n) is 14.7. The highest BCUT2D eigenvalue weighted by Gasteiger charge is 2.20. The first-order chi connectivity index (χ1) is 12.0. The molecular weight excluding hydrogens is 312 g/mol. The fourth-order valence-electron chi connectivity index (χ4n) is 2.86. The van der Waals surface area contributed by atoms with Crippen molar-refractivity contribution in [1.82, 2.24) is 4.98 Å². The summed E-state index contributed by atoms with van der Waals surface area (Å²) >= 11 is 0. The minimum Gasteiger partial charge on any atom is -0.322 e. The number of aryl methyl sites for hydroxylation is 1. The van der Waals surface area contributed by atoms with Gasteiger partial charge in [0.25, 0.3) is 5.56 Å². The van der Waals surface area contributed by atoms with Gasteiger partial charge in [0, 0.05) is 22.7 Å². The Hall–Kier alpha value is -2.88. The van der Waals surface area contributed by atoms with Crippen LogP contribution in [0.4, 0.5) is 5.69 Å². The third-order valence-corrected chi connectivity index (χ3v) is 4.23. The number of nitrogens with zero attached hydrogens (tertiary/aromatic N) is 1. The van der Waals surface area contributed by atoms with Gasteiger partial charge in [0.1, 0.15) is 0 Å². The van der Waals surface area contributed by atoms with Gasteiger partial charge in [-0.1, -0.05) is 44.2 Å². The fourth-order valence-corrected chi connectivity index (χ4v) is 2.86. The van der Waals surface area contributed by atoms with Gasteiger partial charge >= 0.3 is 0 Å². The molecule has 0 bridgehead atoms. The van der Waals surface area contributed by atoms with Gasteiger partial charge in [0.2, 0.25) is 5.91 Å². The number of carbonyl (C=O) groups is 1. The van der Waals surface area contributed by atoms with Crippen molar-refractivity contribution in [2.24, 2.45) is 5.92 Å². The SMILES string of the molecule is Cc1ccc2cc(CN(C(=O)C(C)C)c3ccccc3)c(=O)[nH]c2c1. The van der Waals surface area contributed by atoms with Crippen LogP contribution in [0.2, 0.25) is 0 Å². The molecule has 0 radical (unpaired) electrons. The molecular formula is C21H22N2O2. The number of hydrogen-bond acceptors (Lipinski definition) is 2. The Morgan fingerprint density at radius 3 is 2.48 bits per heavy atom. The smallest absolute Gasteiger partial charge is 0.253 e. The van der Waals surface area contributed by atoms with E-state index < -0.39 is 0 Å². The predicted molar refractivity (Wildman–Crippen MR) is 102 cm³/mol. The van der Waals surface area contributed by atoms with Crippen molar-refractivity contribution in [3.63, 3.8) is 0 Å². The van der Waals surface area contributed by atoms with Crippen LogP contribution in [-0.2, 0) is 11.3 Å². The molecule has 128 valence electrons. The molecule has 0 aliphatic rings. The second-order valence-corrected chi connectivity index (χ2v) is 6.63. The van der Waals surface area contributed by atoms with Gasteiger partial charge in [-0.2, -0.15) is 0 Å². The number of aromatic amines is 1. The van der Waals surface area contributed by atoms with Gasteiger partial charge in [0.05, 0.1) is 6.54 Å². The van der Waals surface area contributed by atoms with Gasteiger partial charge < -0.3 is 9.88 Å². The van der Waals surface area contributed by atoms with Crippen LogP contribution in [-0.4, -0.2) is 10.9 Å². The van der Waals surface area contributed by atoms with E-state index in [0.717, 1.165) is 22.2 Å². The molecule has 3 aromatic rings. The minimum absolute atomic E-state index is 0.00500. The van der Waals surface area contributed by atoms with E-state index in [4.69, 9.17) is 0 Å². The molecule has 0 fully saturated rings. The van der Waals surface area contributed by atoms with E-state index in [1.807, 2.05) is 75.4 Å². The van der Waals surface area contributed by atoms with E-state index in [0.29, 0.717) is 5.56 Å². The molecule has 4 heteroatoms. The zero-order valence-corrected chi connectivity index (χ0v) is 14.7. The lowest BCUT2D eigenvalue weighted by Gasteiger charge is -2.24. The minimum atomic E-state index is -0.157. The second-order valence-electron chi connectivity index (χ2n) is 6.63. The summed E-state index contributed by atoms with van der Waals surface area (Å²) in [7, 11) is 0. The molecule has 3 rings (SSSR count). The molecule has 0 spiro atoms. The van der Waals surface area contributed by atoms with E-state index in [1.165, 1.54) is 0 Å². The molecule has 1 N–H and O–H groups in total. The number of benzene rings is 2. The van der Waals surface area contributed by atoms with Crippen molar-refractivity contribution < 1.29 is 4.79 Å². The molecule has 4 nitrogen and oxygen atoms in total. The van der Waals surface area contributed by atoms with E-state index in [-0.39, 0.29) is 23.9 Å². The lowest BCUT2D eigenvalue weighted by Crippen LogP contribution is -2.35. The van der Waals surface area contributed by atoms with Crippen molar-refractivity contribution in [2.75, 3.05) is 4.90 Å². The molecule has 1 aromatic heterocycles. The molecule has 25 heavy (non-hydrogen) atoms. The maximum Gasteiger partial charge on any atom is 0.253 e. The fraction of sp³-hybridized carbons (Fsp3) is 0.238. The molecule has 0 unspecified atom stereocenters. The van der Waals surface area contributed by atoms with Gasteiger partial charge in [-0.3, -0.25) is 9.59 Å². The number of carbonyl (C=O) groups excluding carboxylic acids is 1. The number of hydrogen-bond donors (Lipinski definition) is 1. The van der Waals surface area contributed by atoms with Crippen molar-refractivity contribution in [2.45, 2.75) is 27.3 Å². The molecule has 0 aliphatic carbocycles. The summed E-state index contributed by atoms with van der Waals surface area (Å²) in [5.74, 6) is -0.156. The highest BCUT2D eigenvalue weighted by atomic mass is 16.2. The molecule has 0 saturated heterocycles. The van der Waals surface area contributed by atoms with Crippen LogP contribution in [0.3, 0.4) is 0 Å². The van der Waals surface area contributed by atoms with E-state index in [2.05, 4.69) is 4.98 Å². The quantitative estimate of drug-likeness (QED) is 0.783. The lowest BCUT2D eigenvalue weighted by molar-refractivity contribution is -0.121. The number of aromatic nitrogens is 1. The summed E-state index contributed by atoms with van der Waals surface area (Å²) in [6, 6.07) is 17.3. The largest absolute Gasteiger partial charge is 0.322 e. The zero-order chi connectivity index (χ0) is 18.0. The highest BCUT2D eigenvalue weighted by molar-refractivity contribution is 5.94. The van der Waals surface area contributed by atoms with Crippen molar-refractivity contribution in [1.29, 1.82) is 0 Å². The first kappa shape index (κ1) is 17.0. The van der Waals surface area contributed by atoms with Gasteiger partial charge in [-0.05, 0) is 42.1 Å². The number of anilines is 1. The number of rotatable bonds is 4. The number of nitrogens with one attached hydrogen (secondary N) is 1. The van der Waals surface area contributed by atoms with Crippen LogP contribution >= 0.6 is 0 Å². The summed E-state index contributed by atoms with van der Waals surface area (Å²) in [5, 5.41) is 0.963. The Morgan fingerprint density at radius 2 is 1.80 bits per heavy atom. The number of pyridine rings is 1. The Balaban J connectivity index is 2.03. The first-order valence-electron chi connectivity index (χ1n) is 8.44. The molecule has 1 heterocycles. The van der Waals surface area contributed by atoms with Gasteiger partial charge in [-0.25, -0.2) is 0 Å². The Bertz CT molecular complexity index is 959. The summed E-state index contributed by atoms with van der Waals surface area (Å²) in [6.45, 7) is 5.97. The number of H-pyrrole nitrogens is 1. The topological polar surface area (TPSA) is 53.2 Å². The average molecular weight is 334 g/mol. The second kappa shape index (κ2) is 6.93. The monoisotopic (exact) mass is 334 g/mol. The summed E-state index contributed by atoms with van der Waals surface area (Å²) in [5.41, 5.74) is 3.13. The van der Waals surface area contributed by atoms with E-state index in [9.17, 15) is 9.59 Å². The van der Waals surface area contributed by atoms with E-state index >= 15 is 0 Å². The van der Waals surface area contributed by atoms with Crippen LogP contribution in [0.1, 0.15) is 25.0 Å². The molecule has 1 amide bonds. The van der Waals surface area contributed by atoms with Crippen LogP contribution in [0.5, 0.6) is 0 Å². The number of para-hydroxylation sites is 1. The van der Waals surface area contributed by atoms with E-state index in [1.54, 1.807) is 4.90 Å². The first-order valence-corrected chi connectivity index (χ1v) is 8.44. The van der Waals surface area contributed by atoms with Crippen molar-refractivity contribution >= 4 is 22.5 Å². The highest BCUT2D eigenvalue weighted by Crippen LogP contribution is 2.20. The summed E-state index contributed by atoms with van der Waals surface area (Å²) in [4.78, 5) is 29.8.